The van der Waals surface area contributed by atoms with Gasteiger partial charge in [-0.05, 0) is 42.8 Å². The molecule has 3 N–H and O–H groups in total. The van der Waals surface area contributed by atoms with E-state index in [0.29, 0.717) is 25.6 Å². The highest BCUT2D eigenvalue weighted by molar-refractivity contribution is 7.88. The van der Waals surface area contributed by atoms with Gasteiger partial charge >= 0.3 is 0 Å². The molecule has 0 aliphatic heterocycles. The number of nitrogens with one attached hydrogen (secondary N) is 3. The van der Waals surface area contributed by atoms with Crippen molar-refractivity contribution in [1.82, 2.24) is 15.4 Å². The molecular formula is C19H25FN4O2S. The van der Waals surface area contributed by atoms with Gasteiger partial charge in [0.2, 0.25) is 10.0 Å². The van der Waals surface area contributed by atoms with Gasteiger partial charge in [0.1, 0.15) is 5.82 Å². The molecule has 6 nitrogen and oxygen atoms in total. The summed E-state index contributed by atoms with van der Waals surface area (Å²) in [5, 5.41) is 6.36. The smallest absolute Gasteiger partial charge is 0.215 e. The fraction of sp³-hybridized carbons (Fsp3) is 0.316. The maximum Gasteiger partial charge on any atom is 0.215 e. The van der Waals surface area contributed by atoms with Gasteiger partial charge in [-0.15, -0.1) is 0 Å². The highest BCUT2D eigenvalue weighted by atomic mass is 32.2. The SMILES string of the molecule is CCNC(=NCc1cccc(F)c1)NCc1ccc(CS(=O)(=O)NC)cc1. The largest absolute Gasteiger partial charge is 0.357 e. The minimum Gasteiger partial charge on any atom is -0.357 e. The Labute approximate surface area is 160 Å². The summed E-state index contributed by atoms with van der Waals surface area (Å²) in [6.07, 6.45) is 0. The Bertz CT molecular complexity index is 868. The van der Waals surface area contributed by atoms with Crippen molar-refractivity contribution < 1.29 is 12.8 Å². The summed E-state index contributed by atoms with van der Waals surface area (Å²) in [5.41, 5.74) is 2.51. The van der Waals surface area contributed by atoms with Crippen LogP contribution in [-0.4, -0.2) is 28.0 Å². The fourth-order valence-electron chi connectivity index (χ4n) is 2.38. The summed E-state index contributed by atoms with van der Waals surface area (Å²) in [7, 11) is -1.87. The number of benzene rings is 2. The number of aliphatic imine (C=N–C) groups is 1. The van der Waals surface area contributed by atoms with Crippen molar-refractivity contribution in [1.29, 1.82) is 0 Å². The third-order valence-electron chi connectivity index (χ3n) is 3.80. The molecule has 0 bridgehead atoms. The van der Waals surface area contributed by atoms with Gasteiger partial charge in [-0.3, -0.25) is 0 Å². The van der Waals surface area contributed by atoms with Crippen LogP contribution in [0, 0.1) is 5.82 Å². The van der Waals surface area contributed by atoms with Crippen LogP contribution < -0.4 is 15.4 Å². The van der Waals surface area contributed by atoms with Gasteiger partial charge in [0, 0.05) is 13.1 Å². The maximum absolute atomic E-state index is 13.2. The standard InChI is InChI=1S/C19H25FN4O2S/c1-3-22-19(24-13-17-5-4-6-18(20)11-17)23-12-15-7-9-16(10-8-15)14-27(25,26)21-2/h4-11,21H,3,12-14H2,1-2H3,(H2,22,23,24). The van der Waals surface area contributed by atoms with E-state index in [1.165, 1.54) is 19.2 Å². The van der Waals surface area contributed by atoms with Gasteiger partial charge in [-0.25, -0.2) is 22.5 Å². The molecule has 0 saturated carbocycles. The van der Waals surface area contributed by atoms with Crippen LogP contribution in [-0.2, 0) is 28.9 Å². The van der Waals surface area contributed by atoms with Crippen LogP contribution in [0.15, 0.2) is 53.5 Å². The van der Waals surface area contributed by atoms with Gasteiger partial charge in [-0.2, -0.15) is 0 Å². The first-order valence-electron chi connectivity index (χ1n) is 8.67. The second-order valence-electron chi connectivity index (χ2n) is 5.96. The lowest BCUT2D eigenvalue weighted by atomic mass is 10.1. The van der Waals surface area contributed by atoms with E-state index in [0.717, 1.165) is 16.7 Å². The first-order valence-corrected chi connectivity index (χ1v) is 10.3. The lowest BCUT2D eigenvalue weighted by molar-refractivity contribution is 0.587. The van der Waals surface area contributed by atoms with E-state index in [1.54, 1.807) is 18.2 Å². The number of hydrogen-bond acceptors (Lipinski definition) is 3. The Kier molecular flexibility index (Phi) is 7.75. The molecule has 2 aromatic rings. The van der Waals surface area contributed by atoms with Crippen molar-refractivity contribution in [2.75, 3.05) is 13.6 Å². The first kappa shape index (κ1) is 20.9. The number of rotatable bonds is 8. The van der Waals surface area contributed by atoms with Gasteiger partial charge in [0.05, 0.1) is 12.3 Å². The molecule has 146 valence electrons. The number of guanidine groups is 1. The molecule has 0 spiro atoms. The lowest BCUT2D eigenvalue weighted by Crippen LogP contribution is -2.36. The Morgan fingerprint density at radius 3 is 2.37 bits per heavy atom. The summed E-state index contributed by atoms with van der Waals surface area (Å²) in [6.45, 7) is 3.58. The number of nitrogens with zero attached hydrogens (tertiary/aromatic N) is 1. The number of sulfonamides is 1. The van der Waals surface area contributed by atoms with Gasteiger partial charge in [0.25, 0.3) is 0 Å². The molecule has 0 amide bonds. The van der Waals surface area contributed by atoms with Crippen molar-refractivity contribution in [2.45, 2.75) is 25.8 Å². The van der Waals surface area contributed by atoms with Gasteiger partial charge in [-0.1, -0.05) is 36.4 Å². The average molecular weight is 393 g/mol. The Morgan fingerprint density at radius 1 is 1.04 bits per heavy atom. The van der Waals surface area contributed by atoms with E-state index in [2.05, 4.69) is 20.3 Å². The molecule has 0 unspecified atom stereocenters. The lowest BCUT2D eigenvalue weighted by Gasteiger charge is -2.12. The van der Waals surface area contributed by atoms with Crippen molar-refractivity contribution in [3.05, 3.63) is 71.0 Å². The Morgan fingerprint density at radius 2 is 1.74 bits per heavy atom. The highest BCUT2D eigenvalue weighted by Crippen LogP contribution is 2.08. The fourth-order valence-corrected chi connectivity index (χ4v) is 3.15. The monoisotopic (exact) mass is 392 g/mol. The van der Waals surface area contributed by atoms with E-state index >= 15 is 0 Å². The summed E-state index contributed by atoms with van der Waals surface area (Å²) in [5.74, 6) is 0.305. The van der Waals surface area contributed by atoms with E-state index in [4.69, 9.17) is 0 Å². The third-order valence-corrected chi connectivity index (χ3v) is 5.14. The molecule has 2 rings (SSSR count). The van der Waals surface area contributed by atoms with Crippen LogP contribution in [0.5, 0.6) is 0 Å². The highest BCUT2D eigenvalue weighted by Gasteiger charge is 2.08. The van der Waals surface area contributed by atoms with Crippen molar-refractivity contribution in [3.8, 4) is 0 Å². The molecule has 8 heteroatoms. The molecule has 27 heavy (non-hydrogen) atoms. The molecule has 0 aromatic heterocycles. The topological polar surface area (TPSA) is 82.6 Å². The van der Waals surface area contributed by atoms with Gasteiger partial charge < -0.3 is 10.6 Å². The molecule has 0 radical (unpaired) electrons. The summed E-state index contributed by atoms with van der Waals surface area (Å²) >= 11 is 0. The minimum atomic E-state index is -3.28. The second-order valence-corrected chi connectivity index (χ2v) is 7.88. The number of hydrogen-bond donors (Lipinski definition) is 3. The predicted octanol–water partition coefficient (Wildman–Crippen LogP) is 2.13. The zero-order valence-corrected chi connectivity index (χ0v) is 16.3. The van der Waals surface area contributed by atoms with Gasteiger partial charge in [0.15, 0.2) is 5.96 Å². The van der Waals surface area contributed by atoms with E-state index in [1.807, 2.05) is 25.1 Å². The Hall–Kier alpha value is -2.45. The molecular weight excluding hydrogens is 367 g/mol. The van der Waals surface area contributed by atoms with E-state index in [9.17, 15) is 12.8 Å². The molecule has 0 aliphatic rings. The quantitative estimate of drug-likeness (QED) is 0.475. The maximum atomic E-state index is 13.2. The number of halogens is 1. The minimum absolute atomic E-state index is 0.0467. The zero-order chi connectivity index (χ0) is 19.7. The summed E-state index contributed by atoms with van der Waals surface area (Å²) < 4.78 is 38.7. The van der Waals surface area contributed by atoms with Crippen LogP contribution in [0.2, 0.25) is 0 Å². The molecule has 0 fully saturated rings. The van der Waals surface area contributed by atoms with Crippen molar-refractivity contribution >= 4 is 16.0 Å². The third kappa shape index (κ3) is 7.36. The van der Waals surface area contributed by atoms with Crippen LogP contribution in [0.25, 0.3) is 0 Å². The summed E-state index contributed by atoms with van der Waals surface area (Å²) in [6, 6.07) is 13.7. The van der Waals surface area contributed by atoms with Crippen LogP contribution >= 0.6 is 0 Å². The van der Waals surface area contributed by atoms with Crippen molar-refractivity contribution in [3.63, 3.8) is 0 Å². The normalized spacial score (nSPS) is 12.0. The van der Waals surface area contributed by atoms with Crippen molar-refractivity contribution in [2.24, 2.45) is 4.99 Å². The van der Waals surface area contributed by atoms with Crippen LogP contribution in [0.3, 0.4) is 0 Å². The summed E-state index contributed by atoms with van der Waals surface area (Å²) in [4.78, 5) is 4.46. The van der Waals surface area contributed by atoms with Crippen LogP contribution in [0.4, 0.5) is 4.39 Å². The predicted molar refractivity (Wildman–Crippen MR) is 106 cm³/mol. The van der Waals surface area contributed by atoms with E-state index in [-0.39, 0.29) is 11.6 Å². The Balaban J connectivity index is 1.95. The van der Waals surface area contributed by atoms with Crippen LogP contribution in [0.1, 0.15) is 23.6 Å². The molecule has 0 heterocycles. The molecule has 2 aromatic carbocycles. The molecule has 0 atom stereocenters. The van der Waals surface area contributed by atoms with E-state index < -0.39 is 10.0 Å². The molecule has 0 saturated heterocycles. The first-order chi connectivity index (χ1) is 12.9. The molecule has 0 aliphatic carbocycles. The second kappa shape index (κ2) is 10.0. The average Bonchev–Trinajstić information content (AvgIpc) is 2.65. The zero-order valence-electron chi connectivity index (χ0n) is 15.5.